The Labute approximate surface area is 161 Å². The van der Waals surface area contributed by atoms with Crippen LogP contribution in [0.5, 0.6) is 5.75 Å². The highest BCUT2D eigenvalue weighted by molar-refractivity contribution is 7.92. The number of carbonyl (C=O) groups excluding carboxylic acids is 1. The molecular weight excluding hydrogens is 390 g/mol. The zero-order valence-electron chi connectivity index (χ0n) is 15.2. The van der Waals surface area contributed by atoms with Crippen LogP contribution in [0.3, 0.4) is 0 Å². The van der Waals surface area contributed by atoms with Crippen LogP contribution in [-0.4, -0.2) is 40.1 Å². The summed E-state index contributed by atoms with van der Waals surface area (Å²) >= 11 is 0. The molecule has 2 aromatic carbocycles. The molecule has 0 amide bonds. The first-order valence-corrected chi connectivity index (χ1v) is 9.51. The Balaban J connectivity index is 2.22. The Morgan fingerprint density at radius 3 is 2.39 bits per heavy atom. The van der Waals surface area contributed by atoms with Crippen molar-refractivity contribution in [1.29, 1.82) is 0 Å². The van der Waals surface area contributed by atoms with Crippen molar-refractivity contribution in [3.63, 3.8) is 0 Å². The fraction of sp³-hybridized carbons (Fsp3) is 0.235. The quantitative estimate of drug-likeness (QED) is 0.366. The number of ether oxygens (including phenoxy) is 2. The molecule has 0 radical (unpaired) electrons. The molecule has 0 atom stereocenters. The highest BCUT2D eigenvalue weighted by atomic mass is 32.2. The topological polar surface area (TPSA) is 137 Å². The minimum atomic E-state index is -4.04. The van der Waals surface area contributed by atoms with Crippen LogP contribution in [0, 0.1) is 10.1 Å². The standard InChI is InChI=1S/C17H19N3O7S/c1-26-13-5-3-12(4-6-13)19-28(24,25)14-7-8-15(16(11-14)20(22)23)18-10-9-17(21)27-2/h3-8,11,18-19H,9-10H2,1-2H3. The molecule has 0 saturated heterocycles. The molecule has 0 aliphatic carbocycles. The van der Waals surface area contributed by atoms with E-state index in [0.29, 0.717) is 5.75 Å². The number of carbonyl (C=O) groups is 1. The summed E-state index contributed by atoms with van der Waals surface area (Å²) in [5.74, 6) is 0.0824. The van der Waals surface area contributed by atoms with Crippen molar-refractivity contribution >= 4 is 33.1 Å². The summed E-state index contributed by atoms with van der Waals surface area (Å²) in [4.78, 5) is 21.5. The second-order valence-electron chi connectivity index (χ2n) is 5.52. The molecule has 0 aliphatic rings. The van der Waals surface area contributed by atoms with Crippen LogP contribution in [0.25, 0.3) is 0 Å². The minimum Gasteiger partial charge on any atom is -0.497 e. The molecule has 2 rings (SSSR count). The number of nitro groups is 1. The molecule has 0 fully saturated rings. The van der Waals surface area contributed by atoms with Gasteiger partial charge >= 0.3 is 5.97 Å². The monoisotopic (exact) mass is 409 g/mol. The van der Waals surface area contributed by atoms with Gasteiger partial charge in [0.2, 0.25) is 0 Å². The number of hydrogen-bond acceptors (Lipinski definition) is 8. The fourth-order valence-corrected chi connectivity index (χ4v) is 3.33. The molecule has 0 aliphatic heterocycles. The zero-order chi connectivity index (χ0) is 20.7. The molecule has 0 unspecified atom stereocenters. The van der Waals surface area contributed by atoms with Crippen molar-refractivity contribution in [2.24, 2.45) is 0 Å². The summed E-state index contributed by atoms with van der Waals surface area (Å²) in [5, 5.41) is 14.1. The average molecular weight is 409 g/mol. The minimum absolute atomic E-state index is 0.00668. The van der Waals surface area contributed by atoms with E-state index < -0.39 is 26.6 Å². The first kappa shape index (κ1) is 21.0. The van der Waals surface area contributed by atoms with Crippen molar-refractivity contribution in [2.45, 2.75) is 11.3 Å². The second kappa shape index (κ2) is 9.04. The van der Waals surface area contributed by atoms with Crippen LogP contribution < -0.4 is 14.8 Å². The van der Waals surface area contributed by atoms with Crippen molar-refractivity contribution in [2.75, 3.05) is 30.8 Å². The van der Waals surface area contributed by atoms with E-state index in [9.17, 15) is 23.3 Å². The molecular formula is C17H19N3O7S. The zero-order valence-corrected chi connectivity index (χ0v) is 16.0. The smallest absolute Gasteiger partial charge is 0.307 e. The third kappa shape index (κ3) is 5.33. The van der Waals surface area contributed by atoms with Gasteiger partial charge in [-0.15, -0.1) is 0 Å². The van der Waals surface area contributed by atoms with Crippen LogP contribution in [-0.2, 0) is 19.6 Å². The van der Waals surface area contributed by atoms with E-state index in [4.69, 9.17) is 4.74 Å². The molecule has 0 spiro atoms. The van der Waals surface area contributed by atoms with Gasteiger partial charge in [0.05, 0.1) is 30.5 Å². The third-order valence-electron chi connectivity index (χ3n) is 3.69. The number of hydrogen-bond donors (Lipinski definition) is 2. The van der Waals surface area contributed by atoms with Crippen LogP contribution in [0.15, 0.2) is 47.4 Å². The number of nitro benzene ring substituents is 1. The van der Waals surface area contributed by atoms with E-state index in [1.54, 1.807) is 12.1 Å². The average Bonchev–Trinajstić information content (AvgIpc) is 2.68. The maximum atomic E-state index is 12.5. The van der Waals surface area contributed by atoms with Gasteiger partial charge in [0.15, 0.2) is 0 Å². The van der Waals surface area contributed by atoms with Crippen molar-refractivity contribution < 1.29 is 27.6 Å². The van der Waals surface area contributed by atoms with Gasteiger partial charge in [0.1, 0.15) is 11.4 Å². The van der Waals surface area contributed by atoms with Gasteiger partial charge in [-0.05, 0) is 36.4 Å². The van der Waals surface area contributed by atoms with Crippen LogP contribution in [0.2, 0.25) is 0 Å². The van der Waals surface area contributed by atoms with Gasteiger partial charge in [0, 0.05) is 18.3 Å². The molecule has 2 aromatic rings. The summed E-state index contributed by atoms with van der Waals surface area (Å²) in [5.41, 5.74) is -0.0523. The molecule has 0 aromatic heterocycles. The highest BCUT2D eigenvalue weighted by Gasteiger charge is 2.21. The van der Waals surface area contributed by atoms with Crippen LogP contribution in [0.4, 0.5) is 17.1 Å². The molecule has 10 nitrogen and oxygen atoms in total. The Kier molecular flexibility index (Phi) is 6.77. The number of benzene rings is 2. The number of methoxy groups -OCH3 is 2. The Hall–Kier alpha value is -3.34. The van der Waals surface area contributed by atoms with E-state index in [-0.39, 0.29) is 29.2 Å². The Morgan fingerprint density at radius 1 is 1.14 bits per heavy atom. The van der Waals surface area contributed by atoms with Gasteiger partial charge in [-0.1, -0.05) is 0 Å². The third-order valence-corrected chi connectivity index (χ3v) is 5.07. The van der Waals surface area contributed by atoms with Crippen molar-refractivity contribution in [3.05, 3.63) is 52.6 Å². The lowest BCUT2D eigenvalue weighted by Gasteiger charge is -2.11. The fourth-order valence-electron chi connectivity index (χ4n) is 2.25. The summed E-state index contributed by atoms with van der Waals surface area (Å²) < 4.78 is 36.9. The van der Waals surface area contributed by atoms with Gasteiger partial charge in [-0.3, -0.25) is 19.6 Å². The number of esters is 1. The number of sulfonamides is 1. The summed E-state index contributed by atoms with van der Waals surface area (Å²) in [6.45, 7) is 0.101. The normalized spacial score (nSPS) is 10.8. The summed E-state index contributed by atoms with van der Waals surface area (Å²) in [6.07, 6.45) is 0.00668. The molecule has 0 bridgehead atoms. The summed E-state index contributed by atoms with van der Waals surface area (Å²) in [6, 6.07) is 9.63. The van der Waals surface area contributed by atoms with E-state index in [1.807, 2.05) is 0 Å². The largest absolute Gasteiger partial charge is 0.497 e. The molecule has 2 N–H and O–H groups in total. The molecule has 0 heterocycles. The molecule has 0 saturated carbocycles. The first-order valence-electron chi connectivity index (χ1n) is 8.03. The van der Waals surface area contributed by atoms with Crippen LogP contribution >= 0.6 is 0 Å². The summed E-state index contributed by atoms with van der Waals surface area (Å²) in [7, 11) is -1.32. The van der Waals surface area contributed by atoms with Gasteiger partial charge in [-0.25, -0.2) is 8.42 Å². The number of rotatable bonds is 9. The number of nitrogens with one attached hydrogen (secondary N) is 2. The van der Waals surface area contributed by atoms with Crippen molar-refractivity contribution in [1.82, 2.24) is 0 Å². The van der Waals surface area contributed by atoms with E-state index in [1.165, 1.54) is 38.5 Å². The predicted molar refractivity (Wildman–Crippen MR) is 102 cm³/mol. The first-order chi connectivity index (χ1) is 13.3. The maximum Gasteiger partial charge on any atom is 0.307 e. The van der Waals surface area contributed by atoms with Crippen molar-refractivity contribution in [3.8, 4) is 5.75 Å². The maximum absolute atomic E-state index is 12.5. The highest BCUT2D eigenvalue weighted by Crippen LogP contribution is 2.28. The van der Waals surface area contributed by atoms with Gasteiger partial charge in [-0.2, -0.15) is 0 Å². The van der Waals surface area contributed by atoms with Crippen LogP contribution in [0.1, 0.15) is 6.42 Å². The SMILES string of the molecule is COC(=O)CCNc1ccc(S(=O)(=O)Nc2ccc(OC)cc2)cc1[N+](=O)[O-]. The molecule has 11 heteroatoms. The van der Waals surface area contributed by atoms with E-state index in [0.717, 1.165) is 6.07 Å². The Bertz CT molecular complexity index is 959. The van der Waals surface area contributed by atoms with Gasteiger partial charge < -0.3 is 14.8 Å². The second-order valence-corrected chi connectivity index (χ2v) is 7.21. The lowest BCUT2D eigenvalue weighted by atomic mass is 10.2. The molecule has 28 heavy (non-hydrogen) atoms. The lowest BCUT2D eigenvalue weighted by molar-refractivity contribution is -0.384. The van der Waals surface area contributed by atoms with E-state index >= 15 is 0 Å². The molecule has 150 valence electrons. The Morgan fingerprint density at radius 2 is 1.82 bits per heavy atom. The van der Waals surface area contributed by atoms with E-state index in [2.05, 4.69) is 14.8 Å². The number of anilines is 2. The van der Waals surface area contributed by atoms with Gasteiger partial charge in [0.25, 0.3) is 15.7 Å². The lowest BCUT2D eigenvalue weighted by Crippen LogP contribution is -2.14. The number of nitrogens with zero attached hydrogens (tertiary/aromatic N) is 1. The predicted octanol–water partition coefficient (Wildman–Crippen LogP) is 2.38.